The van der Waals surface area contributed by atoms with Crippen LogP contribution in [0.2, 0.25) is 5.15 Å². The number of pyridine rings is 1. The van der Waals surface area contributed by atoms with Crippen LogP contribution in [0, 0.1) is 13.8 Å². The van der Waals surface area contributed by atoms with Gasteiger partial charge in [-0.15, -0.1) is 5.10 Å². The molecule has 3 aromatic heterocycles. The molecule has 0 saturated heterocycles. The van der Waals surface area contributed by atoms with E-state index in [-0.39, 0.29) is 23.0 Å². The van der Waals surface area contributed by atoms with Gasteiger partial charge in [-0.2, -0.15) is 31.7 Å². The first-order valence-corrected chi connectivity index (χ1v) is 9.50. The molecule has 146 valence electrons. The summed E-state index contributed by atoms with van der Waals surface area (Å²) in [5, 5.41) is 6.64. The first kappa shape index (κ1) is 19.4. The Labute approximate surface area is 157 Å². The average Bonchev–Trinajstić information content (AvgIpc) is 3.09. The fourth-order valence-corrected chi connectivity index (χ4v) is 3.82. The van der Waals surface area contributed by atoms with Crippen molar-refractivity contribution in [2.45, 2.75) is 38.6 Å². The van der Waals surface area contributed by atoms with Gasteiger partial charge in [0.1, 0.15) is 10.8 Å². The lowest BCUT2D eigenvalue weighted by Crippen LogP contribution is -2.18. The fourth-order valence-electron chi connectivity index (χ4n) is 2.52. The van der Waals surface area contributed by atoms with Gasteiger partial charge in [-0.25, -0.2) is 4.52 Å². The zero-order chi connectivity index (χ0) is 20.1. The molecule has 0 aliphatic rings. The van der Waals surface area contributed by atoms with Gasteiger partial charge in [0.15, 0.2) is 11.3 Å². The van der Waals surface area contributed by atoms with E-state index < -0.39 is 32.7 Å². The van der Waals surface area contributed by atoms with Crippen LogP contribution in [0.15, 0.2) is 17.3 Å². The highest BCUT2D eigenvalue weighted by atomic mass is 35.5. The van der Waals surface area contributed by atoms with E-state index in [0.717, 1.165) is 14.8 Å². The standard InChI is InChI=1S/C14H14ClF3N6O2S/c1-4-23-8(3)11(12(20-23)14(16,17)18)22-27(25,26)13-19-10-6-7(2)5-9(15)24(10)21-13/h5-6,22H,4H2,1-3H3. The molecule has 0 radical (unpaired) electrons. The van der Waals surface area contributed by atoms with Gasteiger partial charge in [-0.05, 0) is 38.5 Å². The monoisotopic (exact) mass is 422 g/mol. The number of nitrogens with one attached hydrogen (secondary N) is 1. The number of alkyl halides is 3. The molecule has 0 fully saturated rings. The number of anilines is 1. The van der Waals surface area contributed by atoms with Crippen molar-refractivity contribution in [3.05, 3.63) is 34.2 Å². The number of hydrogen-bond acceptors (Lipinski definition) is 5. The van der Waals surface area contributed by atoms with Crippen LogP contribution < -0.4 is 4.72 Å². The van der Waals surface area contributed by atoms with Gasteiger partial charge in [0.2, 0.25) is 0 Å². The van der Waals surface area contributed by atoms with E-state index in [0.29, 0.717) is 0 Å². The second-order valence-corrected chi connectivity index (χ2v) is 7.71. The third-order valence-electron chi connectivity index (χ3n) is 3.77. The molecular formula is C14H14ClF3N6O2S. The summed E-state index contributed by atoms with van der Waals surface area (Å²) in [6.07, 6.45) is -4.84. The third kappa shape index (κ3) is 3.46. The summed E-state index contributed by atoms with van der Waals surface area (Å²) in [5.74, 6) is 0. The number of sulfonamides is 1. The largest absolute Gasteiger partial charge is 0.437 e. The van der Waals surface area contributed by atoms with Crippen molar-refractivity contribution in [2.24, 2.45) is 0 Å². The Morgan fingerprint density at radius 3 is 2.48 bits per heavy atom. The highest BCUT2D eigenvalue weighted by Crippen LogP contribution is 2.36. The minimum absolute atomic E-state index is 0.0195. The molecule has 3 rings (SSSR count). The zero-order valence-electron chi connectivity index (χ0n) is 14.3. The van der Waals surface area contributed by atoms with Crippen molar-refractivity contribution in [1.82, 2.24) is 24.4 Å². The maximum Gasteiger partial charge on any atom is 0.437 e. The summed E-state index contributed by atoms with van der Waals surface area (Å²) < 4.78 is 69.0. The van der Waals surface area contributed by atoms with Gasteiger partial charge >= 0.3 is 6.18 Å². The Morgan fingerprint density at radius 1 is 1.22 bits per heavy atom. The number of halogens is 4. The number of aryl methyl sites for hydroxylation is 2. The molecule has 0 aliphatic carbocycles. The van der Waals surface area contributed by atoms with E-state index in [1.54, 1.807) is 26.0 Å². The highest BCUT2D eigenvalue weighted by molar-refractivity contribution is 7.92. The van der Waals surface area contributed by atoms with Crippen LogP contribution in [-0.4, -0.2) is 32.8 Å². The second-order valence-electron chi connectivity index (χ2n) is 5.75. The van der Waals surface area contributed by atoms with E-state index >= 15 is 0 Å². The zero-order valence-corrected chi connectivity index (χ0v) is 15.9. The maximum atomic E-state index is 13.3. The van der Waals surface area contributed by atoms with Crippen molar-refractivity contribution in [3.8, 4) is 0 Å². The van der Waals surface area contributed by atoms with E-state index in [1.807, 2.05) is 4.72 Å². The molecule has 0 aromatic carbocycles. The summed E-state index contributed by atoms with van der Waals surface area (Å²) in [6.45, 7) is 4.79. The molecule has 0 unspecified atom stereocenters. The molecule has 27 heavy (non-hydrogen) atoms. The lowest BCUT2D eigenvalue weighted by atomic mass is 10.3. The maximum absolute atomic E-state index is 13.3. The summed E-state index contributed by atoms with van der Waals surface area (Å²) >= 11 is 6.00. The highest BCUT2D eigenvalue weighted by Gasteiger charge is 2.40. The lowest BCUT2D eigenvalue weighted by Gasteiger charge is -2.08. The van der Waals surface area contributed by atoms with Gasteiger partial charge in [0.25, 0.3) is 15.2 Å². The molecular weight excluding hydrogens is 409 g/mol. The van der Waals surface area contributed by atoms with E-state index in [1.165, 1.54) is 6.92 Å². The van der Waals surface area contributed by atoms with Crippen LogP contribution in [0.25, 0.3) is 5.65 Å². The molecule has 0 bridgehead atoms. The summed E-state index contributed by atoms with van der Waals surface area (Å²) in [5.41, 5.74) is -1.10. The molecule has 1 N–H and O–H groups in total. The minimum Gasteiger partial charge on any atom is -0.273 e. The van der Waals surface area contributed by atoms with Gasteiger partial charge in [-0.3, -0.25) is 9.40 Å². The average molecular weight is 423 g/mol. The molecule has 3 heterocycles. The number of rotatable bonds is 4. The van der Waals surface area contributed by atoms with Crippen LogP contribution >= 0.6 is 11.6 Å². The van der Waals surface area contributed by atoms with Crippen molar-refractivity contribution in [2.75, 3.05) is 4.72 Å². The molecule has 0 amide bonds. The first-order chi connectivity index (χ1) is 12.4. The molecule has 0 atom stereocenters. The van der Waals surface area contributed by atoms with Crippen molar-refractivity contribution in [3.63, 3.8) is 0 Å². The van der Waals surface area contributed by atoms with Crippen molar-refractivity contribution >= 4 is 33.0 Å². The Balaban J connectivity index is 2.10. The summed E-state index contributed by atoms with van der Waals surface area (Å²) in [7, 11) is -4.51. The molecule has 0 saturated carbocycles. The van der Waals surface area contributed by atoms with Gasteiger partial charge in [0, 0.05) is 6.54 Å². The lowest BCUT2D eigenvalue weighted by molar-refractivity contribution is -0.140. The number of nitrogens with zero attached hydrogens (tertiary/aromatic N) is 5. The Kier molecular flexibility index (Phi) is 4.58. The Hall–Kier alpha value is -2.34. The summed E-state index contributed by atoms with van der Waals surface area (Å²) in [6, 6.07) is 3.09. The fraction of sp³-hybridized carbons (Fsp3) is 0.357. The van der Waals surface area contributed by atoms with Crippen LogP contribution in [-0.2, 0) is 22.7 Å². The van der Waals surface area contributed by atoms with Crippen LogP contribution in [0.4, 0.5) is 18.9 Å². The Bertz CT molecular complexity index is 1140. The second kappa shape index (κ2) is 6.37. The van der Waals surface area contributed by atoms with Crippen molar-refractivity contribution in [1.29, 1.82) is 0 Å². The predicted octanol–water partition coefficient (Wildman–Crippen LogP) is 3.04. The van der Waals surface area contributed by atoms with Gasteiger partial charge in [0.05, 0.1) is 5.69 Å². The minimum atomic E-state index is -4.84. The quantitative estimate of drug-likeness (QED) is 0.652. The topological polar surface area (TPSA) is 94.2 Å². The van der Waals surface area contributed by atoms with E-state index in [9.17, 15) is 21.6 Å². The van der Waals surface area contributed by atoms with Crippen LogP contribution in [0.1, 0.15) is 23.9 Å². The van der Waals surface area contributed by atoms with Gasteiger partial charge in [-0.1, -0.05) is 11.6 Å². The van der Waals surface area contributed by atoms with Crippen LogP contribution in [0.5, 0.6) is 0 Å². The normalized spacial score (nSPS) is 12.7. The number of aromatic nitrogens is 5. The summed E-state index contributed by atoms with van der Waals surface area (Å²) in [4.78, 5) is 3.86. The predicted molar refractivity (Wildman–Crippen MR) is 91.2 cm³/mol. The van der Waals surface area contributed by atoms with Gasteiger partial charge < -0.3 is 0 Å². The van der Waals surface area contributed by atoms with E-state index in [2.05, 4.69) is 15.2 Å². The first-order valence-electron chi connectivity index (χ1n) is 7.64. The molecule has 8 nitrogen and oxygen atoms in total. The number of hydrogen-bond donors (Lipinski definition) is 1. The Morgan fingerprint density at radius 2 is 1.89 bits per heavy atom. The smallest absolute Gasteiger partial charge is 0.273 e. The molecule has 0 aliphatic heterocycles. The third-order valence-corrected chi connectivity index (χ3v) is 5.17. The molecule has 13 heteroatoms. The van der Waals surface area contributed by atoms with Crippen LogP contribution in [0.3, 0.4) is 0 Å². The SMILES string of the molecule is CCn1nc(C(F)(F)F)c(NS(=O)(=O)c2nc3cc(C)cc(Cl)n3n2)c1C. The molecule has 3 aromatic rings. The number of fused-ring (bicyclic) bond motifs is 1. The van der Waals surface area contributed by atoms with E-state index in [4.69, 9.17) is 11.6 Å². The van der Waals surface area contributed by atoms with Crippen molar-refractivity contribution < 1.29 is 21.6 Å². The molecule has 0 spiro atoms.